The minimum absolute atomic E-state index is 0.00167. The highest BCUT2D eigenvalue weighted by molar-refractivity contribution is 7.90. The van der Waals surface area contributed by atoms with Crippen molar-refractivity contribution in [3.63, 3.8) is 0 Å². The fraction of sp³-hybridized carbons (Fsp3) is 0. The van der Waals surface area contributed by atoms with Gasteiger partial charge in [0.1, 0.15) is 5.76 Å². The van der Waals surface area contributed by atoms with E-state index in [0.717, 1.165) is 0 Å². The van der Waals surface area contributed by atoms with E-state index in [2.05, 4.69) is 4.72 Å². The van der Waals surface area contributed by atoms with Crippen molar-refractivity contribution in [1.82, 2.24) is 4.72 Å². The van der Waals surface area contributed by atoms with Gasteiger partial charge in [-0.2, -0.15) is 0 Å². The van der Waals surface area contributed by atoms with E-state index in [1.165, 1.54) is 24.5 Å². The van der Waals surface area contributed by atoms with Crippen LogP contribution in [0.1, 0.15) is 11.3 Å². The topological polar surface area (TPSA) is 76.4 Å². The standard InChI is InChI=1S/C19H14ClNO4S/c20-15-10-8-14(9-11-15)18(13-16-5-4-12-25-16)19(22)21-26(23,24)17-6-2-1-3-7-17/h1-13H,(H,21,22)/b18-13+. The highest BCUT2D eigenvalue weighted by Gasteiger charge is 2.21. The minimum Gasteiger partial charge on any atom is -0.465 e. The van der Waals surface area contributed by atoms with E-state index in [4.69, 9.17) is 16.0 Å². The van der Waals surface area contributed by atoms with Gasteiger partial charge in [-0.1, -0.05) is 41.9 Å². The third-order valence-electron chi connectivity index (χ3n) is 3.51. The summed E-state index contributed by atoms with van der Waals surface area (Å²) in [6.45, 7) is 0. The normalized spacial score (nSPS) is 12.0. The molecule has 0 unspecified atom stereocenters. The van der Waals surface area contributed by atoms with Gasteiger partial charge in [-0.15, -0.1) is 0 Å². The lowest BCUT2D eigenvalue weighted by Crippen LogP contribution is -2.31. The average Bonchev–Trinajstić information content (AvgIpc) is 3.14. The maximum Gasteiger partial charge on any atom is 0.265 e. The lowest BCUT2D eigenvalue weighted by molar-refractivity contribution is -0.113. The van der Waals surface area contributed by atoms with Gasteiger partial charge in [0.2, 0.25) is 0 Å². The highest BCUT2D eigenvalue weighted by Crippen LogP contribution is 2.22. The Hall–Kier alpha value is -2.83. The first-order valence-electron chi connectivity index (χ1n) is 7.59. The second-order valence-electron chi connectivity index (χ2n) is 5.33. The number of halogens is 1. The van der Waals surface area contributed by atoms with Crippen LogP contribution in [0.15, 0.2) is 82.3 Å². The van der Waals surface area contributed by atoms with E-state index < -0.39 is 15.9 Å². The van der Waals surface area contributed by atoms with Gasteiger partial charge in [-0.05, 0) is 48.0 Å². The summed E-state index contributed by atoms with van der Waals surface area (Å²) in [5.41, 5.74) is 0.641. The zero-order chi connectivity index (χ0) is 18.6. The van der Waals surface area contributed by atoms with E-state index in [9.17, 15) is 13.2 Å². The first-order valence-corrected chi connectivity index (χ1v) is 9.45. The predicted octanol–water partition coefficient (Wildman–Crippen LogP) is 3.98. The molecule has 0 spiro atoms. The van der Waals surface area contributed by atoms with Gasteiger partial charge in [0.15, 0.2) is 0 Å². The molecule has 1 N–H and O–H groups in total. The smallest absolute Gasteiger partial charge is 0.265 e. The molecule has 0 atom stereocenters. The van der Waals surface area contributed by atoms with Crippen molar-refractivity contribution in [2.24, 2.45) is 0 Å². The van der Waals surface area contributed by atoms with Gasteiger partial charge >= 0.3 is 0 Å². The number of sulfonamides is 1. The molecular weight excluding hydrogens is 374 g/mol. The van der Waals surface area contributed by atoms with Gasteiger partial charge in [-0.3, -0.25) is 4.79 Å². The van der Waals surface area contributed by atoms with Crippen molar-refractivity contribution in [2.75, 3.05) is 0 Å². The molecule has 0 saturated heterocycles. The summed E-state index contributed by atoms with van der Waals surface area (Å²) in [6, 6.07) is 17.5. The first-order chi connectivity index (χ1) is 12.5. The summed E-state index contributed by atoms with van der Waals surface area (Å²) < 4.78 is 32.2. The van der Waals surface area contributed by atoms with Gasteiger partial charge in [-0.25, -0.2) is 13.1 Å². The van der Waals surface area contributed by atoms with Gasteiger partial charge in [0, 0.05) is 5.02 Å². The number of nitrogens with one attached hydrogen (secondary N) is 1. The lowest BCUT2D eigenvalue weighted by atomic mass is 10.0. The Kier molecular flexibility index (Phi) is 5.25. The number of carbonyl (C=O) groups is 1. The number of benzene rings is 2. The van der Waals surface area contributed by atoms with Crippen LogP contribution in [-0.2, 0) is 14.8 Å². The number of hydrogen-bond donors (Lipinski definition) is 1. The Morgan fingerprint density at radius 3 is 2.27 bits per heavy atom. The lowest BCUT2D eigenvalue weighted by Gasteiger charge is -2.10. The molecule has 0 aliphatic carbocycles. The average molecular weight is 388 g/mol. The Bertz CT molecular complexity index is 1020. The second-order valence-corrected chi connectivity index (χ2v) is 7.45. The maximum atomic E-state index is 12.7. The van der Waals surface area contributed by atoms with Gasteiger partial charge in [0.25, 0.3) is 15.9 Å². The van der Waals surface area contributed by atoms with Gasteiger partial charge in [0.05, 0.1) is 16.7 Å². The molecule has 3 aromatic rings. The van der Waals surface area contributed by atoms with E-state index in [-0.39, 0.29) is 10.5 Å². The van der Waals surface area contributed by atoms with Crippen LogP contribution in [0, 0.1) is 0 Å². The van der Waals surface area contributed by atoms with Crippen LogP contribution in [0.4, 0.5) is 0 Å². The molecule has 5 nitrogen and oxygen atoms in total. The molecule has 0 aliphatic heterocycles. The molecule has 0 bridgehead atoms. The summed E-state index contributed by atoms with van der Waals surface area (Å²) >= 11 is 5.89. The highest BCUT2D eigenvalue weighted by atomic mass is 35.5. The molecule has 2 aromatic carbocycles. The summed E-state index contributed by atoms with van der Waals surface area (Å²) in [5.74, 6) is -0.352. The van der Waals surface area contributed by atoms with Crippen molar-refractivity contribution in [2.45, 2.75) is 4.90 Å². The molecular formula is C19H14ClNO4S. The number of amides is 1. The molecule has 0 aliphatic rings. The maximum absolute atomic E-state index is 12.7. The molecule has 7 heteroatoms. The van der Waals surface area contributed by atoms with E-state index in [0.29, 0.717) is 16.3 Å². The Labute approximate surface area is 156 Å². The molecule has 0 fully saturated rings. The molecule has 26 heavy (non-hydrogen) atoms. The van der Waals surface area contributed by atoms with Crippen LogP contribution in [0.25, 0.3) is 11.6 Å². The van der Waals surface area contributed by atoms with Crippen molar-refractivity contribution < 1.29 is 17.6 Å². The van der Waals surface area contributed by atoms with Gasteiger partial charge < -0.3 is 4.42 Å². The monoisotopic (exact) mass is 387 g/mol. The molecule has 132 valence electrons. The molecule has 1 aromatic heterocycles. The summed E-state index contributed by atoms with van der Waals surface area (Å²) in [4.78, 5) is 12.7. The largest absolute Gasteiger partial charge is 0.465 e. The number of furan rings is 1. The zero-order valence-electron chi connectivity index (χ0n) is 13.4. The van der Waals surface area contributed by atoms with Crippen LogP contribution in [0.5, 0.6) is 0 Å². The molecule has 1 heterocycles. The van der Waals surface area contributed by atoms with Crippen LogP contribution < -0.4 is 4.72 Å². The van der Waals surface area contributed by atoms with Crippen molar-refractivity contribution >= 4 is 39.2 Å². The first kappa shape index (κ1) is 18.0. The quantitative estimate of drug-likeness (QED) is 0.672. The Morgan fingerprint density at radius 1 is 0.962 bits per heavy atom. The van der Waals surface area contributed by atoms with Crippen LogP contribution in [0.3, 0.4) is 0 Å². The van der Waals surface area contributed by atoms with E-state index >= 15 is 0 Å². The summed E-state index contributed by atoms with van der Waals surface area (Å²) in [7, 11) is -4.00. The van der Waals surface area contributed by atoms with Crippen LogP contribution in [0.2, 0.25) is 5.02 Å². The fourth-order valence-corrected chi connectivity index (χ4v) is 3.37. The summed E-state index contributed by atoms with van der Waals surface area (Å²) in [5, 5.41) is 0.503. The Morgan fingerprint density at radius 2 is 1.65 bits per heavy atom. The summed E-state index contributed by atoms with van der Waals surface area (Å²) in [6.07, 6.45) is 2.93. The van der Waals surface area contributed by atoms with Crippen LogP contribution in [-0.4, -0.2) is 14.3 Å². The van der Waals surface area contributed by atoms with E-state index in [1.54, 1.807) is 54.6 Å². The third-order valence-corrected chi connectivity index (χ3v) is 5.11. The van der Waals surface area contributed by atoms with Crippen LogP contribution >= 0.6 is 11.6 Å². The minimum atomic E-state index is -4.00. The molecule has 1 amide bonds. The third kappa shape index (κ3) is 4.22. The fourth-order valence-electron chi connectivity index (χ4n) is 2.26. The Balaban J connectivity index is 1.97. The number of carbonyl (C=O) groups excluding carboxylic acids is 1. The second kappa shape index (κ2) is 7.59. The van der Waals surface area contributed by atoms with E-state index in [1.807, 2.05) is 0 Å². The predicted molar refractivity (Wildman–Crippen MR) is 99.8 cm³/mol. The molecule has 3 rings (SSSR count). The number of hydrogen-bond acceptors (Lipinski definition) is 4. The van der Waals surface area contributed by atoms with Crippen molar-refractivity contribution in [3.05, 3.63) is 89.3 Å². The molecule has 0 radical (unpaired) electrons. The molecule has 0 saturated carbocycles. The van der Waals surface area contributed by atoms with Crippen molar-refractivity contribution in [3.8, 4) is 0 Å². The SMILES string of the molecule is O=C(NS(=O)(=O)c1ccccc1)/C(=C/c1ccco1)c1ccc(Cl)cc1. The zero-order valence-corrected chi connectivity index (χ0v) is 15.0. The van der Waals surface area contributed by atoms with Crippen molar-refractivity contribution in [1.29, 1.82) is 0 Å². The number of rotatable bonds is 5.